The highest BCUT2D eigenvalue weighted by Gasteiger charge is 2.18. The molecule has 0 unspecified atom stereocenters. The summed E-state index contributed by atoms with van der Waals surface area (Å²) < 4.78 is 4.93. The van der Waals surface area contributed by atoms with Gasteiger partial charge in [-0.05, 0) is 36.8 Å². The SMILES string of the molecule is CCC(=O)Nc1ccc(C)c(NC(=O)c2ccc(OC)c([N+](=O)[O-])c2)c1. The van der Waals surface area contributed by atoms with Gasteiger partial charge in [0.25, 0.3) is 5.91 Å². The fraction of sp³-hybridized carbons (Fsp3) is 0.222. The molecule has 26 heavy (non-hydrogen) atoms. The average molecular weight is 357 g/mol. The molecule has 0 spiro atoms. The largest absolute Gasteiger partial charge is 0.490 e. The molecule has 2 N–H and O–H groups in total. The van der Waals surface area contributed by atoms with Gasteiger partial charge in [0.15, 0.2) is 5.75 Å². The molecular formula is C18H19N3O5. The molecule has 2 aromatic carbocycles. The average Bonchev–Trinajstić information content (AvgIpc) is 2.63. The van der Waals surface area contributed by atoms with Crippen LogP contribution in [0.25, 0.3) is 0 Å². The summed E-state index contributed by atoms with van der Waals surface area (Å²) in [5, 5.41) is 16.5. The minimum absolute atomic E-state index is 0.0759. The van der Waals surface area contributed by atoms with Crippen molar-refractivity contribution in [2.75, 3.05) is 17.7 Å². The molecule has 0 aliphatic carbocycles. The van der Waals surface area contributed by atoms with Crippen molar-refractivity contribution in [1.29, 1.82) is 0 Å². The summed E-state index contributed by atoms with van der Waals surface area (Å²) in [6.07, 6.45) is 0.338. The normalized spacial score (nSPS) is 10.1. The van der Waals surface area contributed by atoms with Crippen LogP contribution in [0.4, 0.5) is 17.1 Å². The molecule has 136 valence electrons. The van der Waals surface area contributed by atoms with E-state index >= 15 is 0 Å². The minimum Gasteiger partial charge on any atom is -0.490 e. The number of nitrogens with zero attached hydrogens (tertiary/aromatic N) is 1. The number of nitrogens with one attached hydrogen (secondary N) is 2. The molecule has 0 saturated heterocycles. The summed E-state index contributed by atoms with van der Waals surface area (Å²) in [5.74, 6) is -0.568. The quantitative estimate of drug-likeness (QED) is 0.607. The van der Waals surface area contributed by atoms with E-state index in [1.807, 2.05) is 0 Å². The van der Waals surface area contributed by atoms with Crippen LogP contribution in [0.1, 0.15) is 29.3 Å². The Hall–Kier alpha value is -3.42. The molecule has 8 heteroatoms. The number of nitro benzene ring substituents is 1. The van der Waals surface area contributed by atoms with Gasteiger partial charge in [-0.2, -0.15) is 0 Å². The van der Waals surface area contributed by atoms with Gasteiger partial charge in [0.2, 0.25) is 5.91 Å². The number of carbonyl (C=O) groups excluding carboxylic acids is 2. The van der Waals surface area contributed by atoms with Crippen molar-refractivity contribution in [3.63, 3.8) is 0 Å². The fourth-order valence-electron chi connectivity index (χ4n) is 2.25. The predicted molar refractivity (Wildman–Crippen MR) is 97.7 cm³/mol. The van der Waals surface area contributed by atoms with Gasteiger partial charge >= 0.3 is 5.69 Å². The molecular weight excluding hydrogens is 338 g/mol. The third-order valence-corrected chi connectivity index (χ3v) is 3.73. The van der Waals surface area contributed by atoms with Gasteiger partial charge in [-0.15, -0.1) is 0 Å². The van der Waals surface area contributed by atoms with E-state index < -0.39 is 10.8 Å². The fourth-order valence-corrected chi connectivity index (χ4v) is 2.25. The topological polar surface area (TPSA) is 111 Å². The van der Waals surface area contributed by atoms with Crippen molar-refractivity contribution in [3.05, 3.63) is 57.6 Å². The molecule has 0 heterocycles. The Morgan fingerprint density at radius 3 is 2.50 bits per heavy atom. The number of aryl methyl sites for hydroxylation is 1. The zero-order chi connectivity index (χ0) is 19.3. The summed E-state index contributed by atoms with van der Waals surface area (Å²) >= 11 is 0. The molecule has 0 aliphatic rings. The van der Waals surface area contributed by atoms with Crippen LogP contribution >= 0.6 is 0 Å². The van der Waals surface area contributed by atoms with E-state index in [1.54, 1.807) is 32.0 Å². The zero-order valence-electron chi connectivity index (χ0n) is 14.7. The lowest BCUT2D eigenvalue weighted by molar-refractivity contribution is -0.385. The smallest absolute Gasteiger partial charge is 0.311 e. The maximum atomic E-state index is 12.5. The lowest BCUT2D eigenvalue weighted by Crippen LogP contribution is -2.14. The molecule has 0 saturated carbocycles. The van der Waals surface area contributed by atoms with Crippen LogP contribution in [-0.2, 0) is 4.79 Å². The first-order valence-corrected chi connectivity index (χ1v) is 7.90. The second-order valence-corrected chi connectivity index (χ2v) is 5.53. The number of benzene rings is 2. The predicted octanol–water partition coefficient (Wildman–Crippen LogP) is 3.51. The number of nitro groups is 1. The Kier molecular flexibility index (Phi) is 5.90. The highest BCUT2D eigenvalue weighted by Crippen LogP contribution is 2.28. The van der Waals surface area contributed by atoms with Crippen molar-refractivity contribution in [3.8, 4) is 5.75 Å². The van der Waals surface area contributed by atoms with Crippen LogP contribution in [0.15, 0.2) is 36.4 Å². The number of hydrogen-bond acceptors (Lipinski definition) is 5. The van der Waals surface area contributed by atoms with E-state index in [4.69, 9.17) is 4.74 Å². The van der Waals surface area contributed by atoms with Crippen molar-refractivity contribution in [1.82, 2.24) is 0 Å². The highest BCUT2D eigenvalue weighted by molar-refractivity contribution is 6.05. The van der Waals surface area contributed by atoms with Gasteiger partial charge in [0.05, 0.1) is 12.0 Å². The zero-order valence-corrected chi connectivity index (χ0v) is 14.7. The lowest BCUT2D eigenvalue weighted by Gasteiger charge is -2.12. The number of ether oxygens (including phenoxy) is 1. The standard InChI is InChI=1S/C18H19N3O5/c1-4-17(22)19-13-7-5-11(2)14(10-13)20-18(23)12-6-8-16(26-3)15(9-12)21(24)25/h5-10H,4H2,1-3H3,(H,19,22)(H,20,23). The maximum Gasteiger partial charge on any atom is 0.311 e. The minimum atomic E-state index is -0.609. The monoisotopic (exact) mass is 357 g/mol. The molecule has 0 aliphatic heterocycles. The number of methoxy groups -OCH3 is 1. The molecule has 8 nitrogen and oxygen atoms in total. The summed E-state index contributed by atoms with van der Waals surface area (Å²) in [6.45, 7) is 3.54. The van der Waals surface area contributed by atoms with E-state index in [2.05, 4.69) is 10.6 Å². The third kappa shape index (κ3) is 4.35. The first-order chi connectivity index (χ1) is 12.3. The van der Waals surface area contributed by atoms with Crippen LogP contribution in [0, 0.1) is 17.0 Å². The Morgan fingerprint density at radius 1 is 1.15 bits per heavy atom. The number of carbonyl (C=O) groups is 2. The molecule has 0 bridgehead atoms. The van der Waals surface area contributed by atoms with Crippen LogP contribution in [0.3, 0.4) is 0 Å². The van der Waals surface area contributed by atoms with Crippen molar-refractivity contribution < 1.29 is 19.2 Å². The molecule has 0 atom stereocenters. The first-order valence-electron chi connectivity index (χ1n) is 7.90. The van der Waals surface area contributed by atoms with Crippen molar-refractivity contribution in [2.45, 2.75) is 20.3 Å². The van der Waals surface area contributed by atoms with E-state index in [1.165, 1.54) is 19.2 Å². The molecule has 0 aromatic heterocycles. The maximum absolute atomic E-state index is 12.5. The summed E-state index contributed by atoms with van der Waals surface area (Å²) in [6, 6.07) is 9.11. The Balaban J connectivity index is 2.27. The van der Waals surface area contributed by atoms with E-state index in [0.29, 0.717) is 17.8 Å². The van der Waals surface area contributed by atoms with Crippen LogP contribution in [0.2, 0.25) is 0 Å². The second-order valence-electron chi connectivity index (χ2n) is 5.53. The Morgan fingerprint density at radius 2 is 1.88 bits per heavy atom. The molecule has 0 fully saturated rings. The van der Waals surface area contributed by atoms with Gasteiger partial charge in [-0.1, -0.05) is 13.0 Å². The van der Waals surface area contributed by atoms with E-state index in [0.717, 1.165) is 11.6 Å². The van der Waals surface area contributed by atoms with Gasteiger partial charge in [0.1, 0.15) is 0 Å². The summed E-state index contributed by atoms with van der Waals surface area (Å²) in [5.41, 5.74) is 1.68. The van der Waals surface area contributed by atoms with Crippen molar-refractivity contribution >= 4 is 28.9 Å². The number of amides is 2. The van der Waals surface area contributed by atoms with Gasteiger partial charge in [-0.25, -0.2) is 0 Å². The van der Waals surface area contributed by atoms with Crippen LogP contribution in [0.5, 0.6) is 5.75 Å². The lowest BCUT2D eigenvalue weighted by atomic mass is 10.1. The van der Waals surface area contributed by atoms with Crippen molar-refractivity contribution in [2.24, 2.45) is 0 Å². The second kappa shape index (κ2) is 8.11. The van der Waals surface area contributed by atoms with Crippen LogP contribution < -0.4 is 15.4 Å². The summed E-state index contributed by atoms with van der Waals surface area (Å²) in [7, 11) is 1.32. The van der Waals surface area contributed by atoms with Gasteiger partial charge in [0, 0.05) is 29.4 Å². The van der Waals surface area contributed by atoms with Gasteiger partial charge in [-0.3, -0.25) is 19.7 Å². The molecule has 0 radical (unpaired) electrons. The van der Waals surface area contributed by atoms with E-state index in [-0.39, 0.29) is 22.9 Å². The molecule has 2 aromatic rings. The number of rotatable bonds is 6. The van der Waals surface area contributed by atoms with Crippen LogP contribution in [-0.4, -0.2) is 23.8 Å². The first kappa shape index (κ1) is 18.9. The Bertz CT molecular complexity index is 864. The number of hydrogen-bond donors (Lipinski definition) is 2. The third-order valence-electron chi connectivity index (χ3n) is 3.73. The molecule has 2 rings (SSSR count). The highest BCUT2D eigenvalue weighted by atomic mass is 16.6. The van der Waals surface area contributed by atoms with Gasteiger partial charge < -0.3 is 15.4 Å². The number of anilines is 2. The Labute approximate surface area is 150 Å². The van der Waals surface area contributed by atoms with E-state index in [9.17, 15) is 19.7 Å². The molecule has 2 amide bonds. The summed E-state index contributed by atoms with van der Waals surface area (Å²) in [4.78, 5) is 34.5.